The van der Waals surface area contributed by atoms with Crippen LogP contribution in [-0.4, -0.2) is 25.5 Å². The molecule has 0 bridgehead atoms. The molecule has 1 amide bonds. The van der Waals surface area contributed by atoms with Crippen molar-refractivity contribution < 1.29 is 18.7 Å². The molecule has 0 saturated heterocycles. The van der Waals surface area contributed by atoms with Crippen molar-refractivity contribution in [2.24, 2.45) is 5.41 Å². The molecule has 0 aliphatic carbocycles. The quantitative estimate of drug-likeness (QED) is 0.866. The van der Waals surface area contributed by atoms with Crippen molar-refractivity contribution in [2.75, 3.05) is 13.7 Å². The number of benzene rings is 1. The maximum atomic E-state index is 12.1. The van der Waals surface area contributed by atoms with Crippen molar-refractivity contribution in [1.29, 1.82) is 0 Å². The van der Waals surface area contributed by atoms with Crippen LogP contribution in [0.3, 0.4) is 0 Å². The average molecular weight is 338 g/mol. The predicted molar refractivity (Wildman–Crippen MR) is 85.6 cm³/mol. The van der Waals surface area contributed by atoms with E-state index in [4.69, 9.17) is 16.0 Å². The maximum absolute atomic E-state index is 12.1. The Hall–Kier alpha value is -2.34. The Morgan fingerprint density at radius 1 is 1.30 bits per heavy atom. The Kier molecular flexibility index (Phi) is 4.75. The fraction of sp³-hybridized carbons (Fsp3) is 0.312. The summed E-state index contributed by atoms with van der Waals surface area (Å²) in [4.78, 5) is 35.8. The summed E-state index contributed by atoms with van der Waals surface area (Å²) in [5, 5.41) is 3.26. The first-order valence-corrected chi connectivity index (χ1v) is 7.22. The molecule has 1 aromatic carbocycles. The molecule has 23 heavy (non-hydrogen) atoms. The second kappa shape index (κ2) is 6.42. The van der Waals surface area contributed by atoms with Crippen LogP contribution in [0.2, 0.25) is 5.02 Å². The fourth-order valence-electron chi connectivity index (χ4n) is 1.98. The highest BCUT2D eigenvalue weighted by molar-refractivity contribution is 6.31. The molecule has 0 aliphatic rings. The number of fused-ring (bicyclic) bond motifs is 1. The van der Waals surface area contributed by atoms with Crippen LogP contribution in [-0.2, 0) is 9.53 Å². The average Bonchev–Trinajstić information content (AvgIpc) is 2.52. The number of carbonyl (C=O) groups is 2. The zero-order chi connectivity index (χ0) is 17.2. The minimum absolute atomic E-state index is 0.0425. The SMILES string of the molecule is COC(=O)C(C)(C)CNC(=O)c1cc(=O)c2cc(Cl)ccc2o1. The molecule has 6 nitrogen and oxygen atoms in total. The Morgan fingerprint density at radius 3 is 2.65 bits per heavy atom. The zero-order valence-corrected chi connectivity index (χ0v) is 13.7. The highest BCUT2D eigenvalue weighted by Crippen LogP contribution is 2.18. The lowest BCUT2D eigenvalue weighted by atomic mass is 9.94. The van der Waals surface area contributed by atoms with E-state index in [1.807, 2.05) is 0 Å². The van der Waals surface area contributed by atoms with E-state index in [1.165, 1.54) is 19.2 Å². The van der Waals surface area contributed by atoms with E-state index >= 15 is 0 Å². The van der Waals surface area contributed by atoms with Gasteiger partial charge in [0.25, 0.3) is 5.91 Å². The summed E-state index contributed by atoms with van der Waals surface area (Å²) < 4.78 is 10.1. The molecule has 2 aromatic rings. The molecule has 1 N–H and O–H groups in total. The molecule has 0 saturated carbocycles. The third kappa shape index (κ3) is 3.71. The van der Waals surface area contributed by atoms with Gasteiger partial charge in [0.2, 0.25) is 0 Å². The summed E-state index contributed by atoms with van der Waals surface area (Å²) in [6.45, 7) is 3.32. The number of halogens is 1. The molecule has 7 heteroatoms. The lowest BCUT2D eigenvalue weighted by Gasteiger charge is -2.21. The highest BCUT2D eigenvalue weighted by Gasteiger charge is 2.29. The number of nitrogens with one attached hydrogen (secondary N) is 1. The Labute approximate surface area is 137 Å². The van der Waals surface area contributed by atoms with Gasteiger partial charge < -0.3 is 14.5 Å². The number of amides is 1. The van der Waals surface area contributed by atoms with E-state index in [0.29, 0.717) is 10.4 Å². The Balaban J connectivity index is 2.24. The van der Waals surface area contributed by atoms with Crippen LogP contribution in [0.5, 0.6) is 0 Å². The summed E-state index contributed by atoms with van der Waals surface area (Å²) in [6.07, 6.45) is 0. The van der Waals surface area contributed by atoms with Gasteiger partial charge >= 0.3 is 5.97 Å². The van der Waals surface area contributed by atoms with Gasteiger partial charge in [-0.1, -0.05) is 11.6 Å². The molecule has 122 valence electrons. The Bertz CT molecular complexity index is 825. The second-order valence-electron chi connectivity index (χ2n) is 5.67. The van der Waals surface area contributed by atoms with Gasteiger partial charge in [0.05, 0.1) is 17.9 Å². The first-order valence-electron chi connectivity index (χ1n) is 6.84. The third-order valence-electron chi connectivity index (χ3n) is 3.34. The van der Waals surface area contributed by atoms with Gasteiger partial charge in [-0.3, -0.25) is 14.4 Å². The normalized spacial score (nSPS) is 11.3. The van der Waals surface area contributed by atoms with E-state index in [1.54, 1.807) is 19.9 Å². The topological polar surface area (TPSA) is 85.6 Å². The van der Waals surface area contributed by atoms with Gasteiger partial charge in [-0.05, 0) is 32.0 Å². The van der Waals surface area contributed by atoms with Gasteiger partial charge in [0.1, 0.15) is 5.58 Å². The number of hydrogen-bond donors (Lipinski definition) is 1. The molecule has 1 aromatic heterocycles. The summed E-state index contributed by atoms with van der Waals surface area (Å²) >= 11 is 5.83. The van der Waals surface area contributed by atoms with Gasteiger partial charge in [-0.2, -0.15) is 0 Å². The predicted octanol–water partition coefficient (Wildman–Crippen LogP) is 2.38. The summed E-state index contributed by atoms with van der Waals surface area (Å²) in [5.74, 6) is -1.17. The maximum Gasteiger partial charge on any atom is 0.313 e. The number of esters is 1. The van der Waals surface area contributed by atoms with Crippen molar-refractivity contribution in [2.45, 2.75) is 13.8 Å². The van der Waals surface area contributed by atoms with Crippen molar-refractivity contribution in [3.8, 4) is 0 Å². The summed E-state index contributed by atoms with van der Waals surface area (Å²) in [7, 11) is 1.28. The number of hydrogen-bond acceptors (Lipinski definition) is 5. The van der Waals surface area contributed by atoms with E-state index in [0.717, 1.165) is 6.07 Å². The van der Waals surface area contributed by atoms with Crippen LogP contribution in [0, 0.1) is 5.41 Å². The zero-order valence-electron chi connectivity index (χ0n) is 12.9. The first kappa shape index (κ1) is 17.0. The van der Waals surface area contributed by atoms with Crippen molar-refractivity contribution in [3.05, 3.63) is 45.3 Å². The third-order valence-corrected chi connectivity index (χ3v) is 3.58. The molecular formula is C16H16ClNO5. The van der Waals surface area contributed by atoms with Crippen LogP contribution in [0.4, 0.5) is 0 Å². The molecule has 2 rings (SSSR count). The molecule has 0 atom stereocenters. The van der Waals surface area contributed by atoms with Crippen LogP contribution in [0.15, 0.2) is 33.5 Å². The van der Waals surface area contributed by atoms with Crippen molar-refractivity contribution >= 4 is 34.4 Å². The summed E-state index contributed by atoms with van der Waals surface area (Å²) in [6, 6.07) is 5.66. The number of carbonyl (C=O) groups excluding carboxylic acids is 2. The molecule has 0 unspecified atom stereocenters. The highest BCUT2D eigenvalue weighted by atomic mass is 35.5. The van der Waals surface area contributed by atoms with E-state index in [2.05, 4.69) is 10.1 Å². The van der Waals surface area contributed by atoms with Crippen molar-refractivity contribution in [1.82, 2.24) is 5.32 Å². The van der Waals surface area contributed by atoms with E-state index in [9.17, 15) is 14.4 Å². The fourth-order valence-corrected chi connectivity index (χ4v) is 2.15. The number of rotatable bonds is 4. The second-order valence-corrected chi connectivity index (χ2v) is 6.11. The number of ether oxygens (including phenoxy) is 1. The molecule has 0 aliphatic heterocycles. The largest absolute Gasteiger partial charge is 0.469 e. The Morgan fingerprint density at radius 2 is 2.00 bits per heavy atom. The first-order chi connectivity index (χ1) is 10.7. The molecule has 0 spiro atoms. The lowest BCUT2D eigenvalue weighted by molar-refractivity contribution is -0.150. The molecule has 1 heterocycles. The van der Waals surface area contributed by atoms with E-state index < -0.39 is 17.3 Å². The minimum atomic E-state index is -0.894. The summed E-state index contributed by atoms with van der Waals surface area (Å²) in [5.41, 5.74) is -1.000. The van der Waals surface area contributed by atoms with Gasteiger partial charge in [0.15, 0.2) is 11.2 Å². The minimum Gasteiger partial charge on any atom is -0.469 e. The standard InChI is InChI=1S/C16H16ClNO5/c1-16(2,15(21)22-3)8-18-14(20)13-7-11(19)10-6-9(17)4-5-12(10)23-13/h4-7H,8H2,1-3H3,(H,18,20). The van der Waals surface area contributed by atoms with Crippen LogP contribution in [0.1, 0.15) is 24.4 Å². The van der Waals surface area contributed by atoms with Gasteiger partial charge in [-0.25, -0.2) is 0 Å². The molecular weight excluding hydrogens is 322 g/mol. The molecule has 0 fully saturated rings. The van der Waals surface area contributed by atoms with Crippen molar-refractivity contribution in [3.63, 3.8) is 0 Å². The monoisotopic (exact) mass is 337 g/mol. The van der Waals surface area contributed by atoms with Crippen LogP contribution in [0.25, 0.3) is 11.0 Å². The van der Waals surface area contributed by atoms with Crippen LogP contribution >= 0.6 is 11.6 Å². The molecule has 0 radical (unpaired) electrons. The van der Waals surface area contributed by atoms with E-state index in [-0.39, 0.29) is 23.3 Å². The van der Waals surface area contributed by atoms with Gasteiger partial charge in [0, 0.05) is 17.6 Å². The lowest BCUT2D eigenvalue weighted by Crippen LogP contribution is -2.39. The number of methoxy groups -OCH3 is 1. The van der Waals surface area contributed by atoms with Gasteiger partial charge in [-0.15, -0.1) is 0 Å². The van der Waals surface area contributed by atoms with Crippen LogP contribution < -0.4 is 10.7 Å². The smallest absolute Gasteiger partial charge is 0.313 e.